The van der Waals surface area contributed by atoms with Gasteiger partial charge in [-0.25, -0.2) is 4.98 Å². The Bertz CT molecular complexity index is 397. The average Bonchev–Trinajstić information content (AvgIpc) is 2.48. The summed E-state index contributed by atoms with van der Waals surface area (Å²) in [6.07, 6.45) is -0.581. The summed E-state index contributed by atoms with van der Waals surface area (Å²) in [7, 11) is 0. The third kappa shape index (κ3) is 2.18. The molecule has 0 bridgehead atoms. The molecule has 0 fully saturated rings. The number of aromatic amines is 1. The summed E-state index contributed by atoms with van der Waals surface area (Å²) in [5.74, 6) is 0. The van der Waals surface area contributed by atoms with Crippen LogP contribution in [0.5, 0.6) is 0 Å². The molecule has 2 nitrogen and oxygen atoms in total. The van der Waals surface area contributed by atoms with E-state index in [1.165, 1.54) is 0 Å². The van der Waals surface area contributed by atoms with Crippen molar-refractivity contribution in [1.82, 2.24) is 9.97 Å². The Morgan fingerprint density at radius 2 is 2.08 bits per heavy atom. The third-order valence-electron chi connectivity index (χ3n) is 1.42. The Morgan fingerprint density at radius 3 is 2.77 bits per heavy atom. The lowest BCUT2D eigenvalue weighted by Gasteiger charge is -1.86. The molecule has 1 aromatic heterocycles. The molecule has 0 saturated carbocycles. The quantitative estimate of drug-likeness (QED) is 0.694. The molecule has 0 amide bonds. The first-order valence-electron chi connectivity index (χ1n) is 4.06. The van der Waals surface area contributed by atoms with Gasteiger partial charge in [-0.15, -0.1) is 0 Å². The summed E-state index contributed by atoms with van der Waals surface area (Å²) in [5.41, 5.74) is 1.21. The van der Waals surface area contributed by atoms with Crippen LogP contribution in [-0.4, -0.2) is 9.97 Å². The molecule has 0 aliphatic carbocycles. The van der Waals surface area contributed by atoms with E-state index < -0.39 is 6.08 Å². The molecule has 1 aromatic carbocycles. The van der Waals surface area contributed by atoms with Crippen molar-refractivity contribution in [2.45, 2.75) is 13.8 Å². The normalized spacial score (nSPS) is 9.54. The van der Waals surface area contributed by atoms with Crippen molar-refractivity contribution in [3.05, 3.63) is 29.3 Å². The number of imidazole rings is 1. The van der Waals surface area contributed by atoms with Gasteiger partial charge in [0, 0.05) is 5.02 Å². The molecule has 0 radical (unpaired) electrons. The maximum atomic E-state index is 12.4. The molecule has 0 atom stereocenters. The van der Waals surface area contributed by atoms with Crippen molar-refractivity contribution < 1.29 is 4.39 Å². The Morgan fingerprint density at radius 1 is 1.38 bits per heavy atom. The molecule has 1 N–H and O–H groups in total. The molecule has 0 aliphatic rings. The number of nitrogens with one attached hydrogen (secondary N) is 1. The number of hydrogen-bond donors (Lipinski definition) is 1. The number of hydrogen-bond acceptors (Lipinski definition) is 1. The maximum Gasteiger partial charge on any atom is 0.287 e. The number of H-pyrrole nitrogens is 1. The van der Waals surface area contributed by atoms with Crippen LogP contribution < -0.4 is 0 Å². The van der Waals surface area contributed by atoms with Crippen molar-refractivity contribution in [3.63, 3.8) is 0 Å². The van der Waals surface area contributed by atoms with Crippen molar-refractivity contribution in [2.75, 3.05) is 0 Å². The highest BCUT2D eigenvalue weighted by Crippen LogP contribution is 2.16. The Hall–Kier alpha value is -1.09. The molecular formula is C9H10ClFN2. The van der Waals surface area contributed by atoms with E-state index in [9.17, 15) is 4.39 Å². The smallest absolute Gasteiger partial charge is 0.287 e. The van der Waals surface area contributed by atoms with E-state index in [0.29, 0.717) is 16.1 Å². The van der Waals surface area contributed by atoms with Gasteiger partial charge in [0.15, 0.2) is 0 Å². The number of benzene rings is 1. The Labute approximate surface area is 80.7 Å². The second-order valence-electron chi connectivity index (χ2n) is 2.19. The van der Waals surface area contributed by atoms with Crippen LogP contribution in [0.2, 0.25) is 5.02 Å². The maximum absolute atomic E-state index is 12.4. The van der Waals surface area contributed by atoms with Crippen LogP contribution in [0.15, 0.2) is 18.2 Å². The van der Waals surface area contributed by atoms with Crippen LogP contribution in [-0.2, 0) is 0 Å². The highest BCUT2D eigenvalue weighted by molar-refractivity contribution is 6.31. The molecule has 0 aliphatic heterocycles. The third-order valence-corrected chi connectivity index (χ3v) is 1.65. The molecule has 0 unspecified atom stereocenters. The van der Waals surface area contributed by atoms with Crippen LogP contribution >= 0.6 is 11.6 Å². The second kappa shape index (κ2) is 4.23. The lowest BCUT2D eigenvalue weighted by atomic mass is 10.3. The van der Waals surface area contributed by atoms with Crippen LogP contribution in [0.3, 0.4) is 0 Å². The molecule has 70 valence electrons. The molecular weight excluding hydrogens is 191 g/mol. The number of rotatable bonds is 0. The van der Waals surface area contributed by atoms with Gasteiger partial charge in [-0.2, -0.15) is 4.39 Å². The van der Waals surface area contributed by atoms with E-state index in [2.05, 4.69) is 9.97 Å². The van der Waals surface area contributed by atoms with Gasteiger partial charge in [-0.1, -0.05) is 25.4 Å². The first-order chi connectivity index (χ1) is 6.25. The van der Waals surface area contributed by atoms with E-state index in [0.717, 1.165) is 0 Å². The van der Waals surface area contributed by atoms with Gasteiger partial charge in [-0.3, -0.25) is 0 Å². The van der Waals surface area contributed by atoms with Gasteiger partial charge in [0.1, 0.15) is 0 Å². The van der Waals surface area contributed by atoms with Crippen molar-refractivity contribution in [3.8, 4) is 0 Å². The molecule has 1 heterocycles. The van der Waals surface area contributed by atoms with Crippen LogP contribution in [0.25, 0.3) is 11.0 Å². The number of aromatic nitrogens is 2. The van der Waals surface area contributed by atoms with Gasteiger partial charge < -0.3 is 4.98 Å². The Kier molecular flexibility index (Phi) is 3.25. The number of nitrogens with zero attached hydrogens (tertiary/aromatic N) is 1. The summed E-state index contributed by atoms with van der Waals surface area (Å²) in [4.78, 5) is 6.01. The second-order valence-corrected chi connectivity index (χ2v) is 2.63. The Balaban J connectivity index is 0.000000396. The van der Waals surface area contributed by atoms with Crippen molar-refractivity contribution in [2.24, 2.45) is 0 Å². The lowest BCUT2D eigenvalue weighted by Crippen LogP contribution is -1.69. The van der Waals surface area contributed by atoms with Gasteiger partial charge >= 0.3 is 0 Å². The fraction of sp³-hybridized carbons (Fsp3) is 0.222. The van der Waals surface area contributed by atoms with Gasteiger partial charge in [0.2, 0.25) is 0 Å². The molecule has 13 heavy (non-hydrogen) atoms. The van der Waals surface area contributed by atoms with Gasteiger partial charge in [-0.05, 0) is 18.2 Å². The first kappa shape index (κ1) is 9.99. The summed E-state index contributed by atoms with van der Waals surface area (Å²) in [5, 5.41) is 0.571. The highest BCUT2D eigenvalue weighted by atomic mass is 35.5. The minimum Gasteiger partial charge on any atom is -0.314 e. The predicted octanol–water partition coefficient (Wildman–Crippen LogP) is 3.38. The number of fused-ring (bicyclic) bond motifs is 1. The van der Waals surface area contributed by atoms with Crippen molar-refractivity contribution >= 4 is 22.6 Å². The standard InChI is InChI=1S/C7H4ClFN2.C2H6/c8-4-1-2-5-6(3-4)11-7(9)10-5;1-2/h1-3H,(H,10,11);1-2H3. The largest absolute Gasteiger partial charge is 0.314 e. The van der Waals surface area contributed by atoms with E-state index in [-0.39, 0.29) is 0 Å². The fourth-order valence-corrected chi connectivity index (χ4v) is 1.12. The fourth-order valence-electron chi connectivity index (χ4n) is 0.951. The van der Waals surface area contributed by atoms with Crippen LogP contribution in [0.4, 0.5) is 4.39 Å². The minimum atomic E-state index is -0.581. The van der Waals surface area contributed by atoms with Crippen LogP contribution in [0.1, 0.15) is 13.8 Å². The highest BCUT2D eigenvalue weighted by Gasteiger charge is 2.00. The molecule has 0 spiro atoms. The minimum absolute atomic E-state index is 0.571. The van der Waals surface area contributed by atoms with E-state index in [1.807, 2.05) is 13.8 Å². The molecule has 0 saturated heterocycles. The van der Waals surface area contributed by atoms with Crippen LogP contribution in [0, 0.1) is 6.08 Å². The summed E-state index contributed by atoms with van der Waals surface area (Å²) in [6.45, 7) is 4.00. The van der Waals surface area contributed by atoms with E-state index >= 15 is 0 Å². The number of halogens is 2. The SMILES string of the molecule is CC.Fc1nc2ccc(Cl)cc2[nH]1. The summed E-state index contributed by atoms with van der Waals surface area (Å²) < 4.78 is 12.4. The molecule has 4 heteroatoms. The van der Waals surface area contributed by atoms with E-state index in [1.54, 1.807) is 18.2 Å². The summed E-state index contributed by atoms with van der Waals surface area (Å²) >= 11 is 5.66. The molecule has 2 rings (SSSR count). The monoisotopic (exact) mass is 200 g/mol. The first-order valence-corrected chi connectivity index (χ1v) is 4.44. The van der Waals surface area contributed by atoms with Gasteiger partial charge in [0.05, 0.1) is 11.0 Å². The molecule has 2 aromatic rings. The predicted molar refractivity (Wildman–Crippen MR) is 52.4 cm³/mol. The zero-order chi connectivity index (χ0) is 9.84. The zero-order valence-electron chi connectivity index (χ0n) is 7.44. The van der Waals surface area contributed by atoms with Gasteiger partial charge in [0.25, 0.3) is 6.08 Å². The average molecular weight is 201 g/mol. The lowest BCUT2D eigenvalue weighted by molar-refractivity contribution is 0.556. The topological polar surface area (TPSA) is 28.7 Å². The van der Waals surface area contributed by atoms with E-state index in [4.69, 9.17) is 11.6 Å². The zero-order valence-corrected chi connectivity index (χ0v) is 8.19. The summed E-state index contributed by atoms with van der Waals surface area (Å²) in [6, 6.07) is 4.97. The van der Waals surface area contributed by atoms with Crippen molar-refractivity contribution in [1.29, 1.82) is 0 Å².